The van der Waals surface area contributed by atoms with Crippen molar-refractivity contribution in [2.45, 2.75) is 18.9 Å². The van der Waals surface area contributed by atoms with Crippen LogP contribution in [0.4, 0.5) is 5.69 Å². The highest BCUT2D eigenvalue weighted by atomic mass is 16.6. The first-order valence-corrected chi connectivity index (χ1v) is 6.32. The topological polar surface area (TPSA) is 92.9 Å². The van der Waals surface area contributed by atoms with E-state index in [2.05, 4.69) is 0 Å². The molecule has 0 bridgehead atoms. The number of hydrogen-bond acceptors (Lipinski definition) is 5. The maximum Gasteiger partial charge on any atom is 0.310 e. The van der Waals surface area contributed by atoms with E-state index in [9.17, 15) is 20.0 Å². The number of carbonyl (C=O) groups excluding carboxylic acids is 1. The van der Waals surface area contributed by atoms with E-state index >= 15 is 0 Å². The van der Waals surface area contributed by atoms with Gasteiger partial charge >= 0.3 is 5.69 Å². The maximum absolute atomic E-state index is 12.4. The molecule has 0 aromatic heterocycles. The summed E-state index contributed by atoms with van der Waals surface area (Å²) in [6, 6.07) is 3.86. The quantitative estimate of drug-likeness (QED) is 0.660. The van der Waals surface area contributed by atoms with Gasteiger partial charge < -0.3 is 14.7 Å². The summed E-state index contributed by atoms with van der Waals surface area (Å²) in [6.07, 6.45) is 1.62. The van der Waals surface area contributed by atoms with Crippen LogP contribution in [0.3, 0.4) is 0 Å². The highest BCUT2D eigenvalue weighted by molar-refractivity contribution is 5.95. The number of methoxy groups -OCH3 is 1. The molecule has 1 aromatic carbocycles. The third-order valence-corrected chi connectivity index (χ3v) is 3.47. The third kappa shape index (κ3) is 2.57. The second kappa shape index (κ2) is 5.87. The first kappa shape index (κ1) is 14.3. The smallest absolute Gasteiger partial charge is 0.310 e. The van der Waals surface area contributed by atoms with E-state index < -0.39 is 4.92 Å². The molecule has 0 radical (unpaired) electrons. The van der Waals surface area contributed by atoms with E-state index in [1.165, 1.54) is 25.3 Å². The van der Waals surface area contributed by atoms with Crippen molar-refractivity contribution in [1.82, 2.24) is 4.90 Å². The van der Waals surface area contributed by atoms with Gasteiger partial charge in [-0.2, -0.15) is 0 Å². The van der Waals surface area contributed by atoms with Crippen molar-refractivity contribution >= 4 is 11.6 Å². The molecule has 0 spiro atoms. The summed E-state index contributed by atoms with van der Waals surface area (Å²) in [5.74, 6) is -0.185. The van der Waals surface area contributed by atoms with Gasteiger partial charge in [0.25, 0.3) is 5.91 Å². The standard InChI is InChI=1S/C13H16N2O5/c1-20-12-7-9(4-5-11(12)15(18)19)13(17)14-6-2-3-10(14)8-16/h4-5,7,10,16H,2-3,6,8H2,1H3. The number of amides is 1. The lowest BCUT2D eigenvalue weighted by molar-refractivity contribution is -0.385. The Labute approximate surface area is 115 Å². The highest BCUT2D eigenvalue weighted by Gasteiger charge is 2.29. The van der Waals surface area contributed by atoms with Gasteiger partial charge in [-0.1, -0.05) is 0 Å². The van der Waals surface area contributed by atoms with Gasteiger partial charge in [-0.15, -0.1) is 0 Å². The predicted molar refractivity (Wildman–Crippen MR) is 70.8 cm³/mol. The van der Waals surface area contributed by atoms with Crippen LogP contribution >= 0.6 is 0 Å². The Morgan fingerprint density at radius 1 is 1.60 bits per heavy atom. The Morgan fingerprint density at radius 2 is 2.35 bits per heavy atom. The molecule has 0 aliphatic carbocycles. The molecular weight excluding hydrogens is 264 g/mol. The largest absolute Gasteiger partial charge is 0.490 e. The summed E-state index contributed by atoms with van der Waals surface area (Å²) in [5.41, 5.74) is 0.150. The number of nitro benzene ring substituents is 1. The minimum Gasteiger partial charge on any atom is -0.490 e. The molecule has 1 aliphatic heterocycles. The normalized spacial score (nSPS) is 18.1. The first-order chi connectivity index (χ1) is 9.58. The van der Waals surface area contributed by atoms with Crippen molar-refractivity contribution in [2.75, 3.05) is 20.3 Å². The van der Waals surface area contributed by atoms with Crippen LogP contribution in [0.1, 0.15) is 23.2 Å². The van der Waals surface area contributed by atoms with Gasteiger partial charge in [0.05, 0.1) is 24.7 Å². The fraction of sp³-hybridized carbons (Fsp3) is 0.462. The Kier molecular flexibility index (Phi) is 4.19. The molecule has 2 rings (SSSR count). The lowest BCUT2D eigenvalue weighted by Gasteiger charge is -2.23. The summed E-state index contributed by atoms with van der Waals surface area (Å²) in [6.45, 7) is 0.513. The zero-order valence-electron chi connectivity index (χ0n) is 11.1. The number of hydrogen-bond donors (Lipinski definition) is 1. The summed E-state index contributed by atoms with van der Waals surface area (Å²) < 4.78 is 4.95. The van der Waals surface area contributed by atoms with Crippen LogP contribution in [0.15, 0.2) is 18.2 Å². The van der Waals surface area contributed by atoms with Crippen molar-refractivity contribution in [1.29, 1.82) is 0 Å². The average Bonchev–Trinajstić information content (AvgIpc) is 2.93. The highest BCUT2D eigenvalue weighted by Crippen LogP contribution is 2.29. The van der Waals surface area contributed by atoms with Gasteiger partial charge in [0.15, 0.2) is 5.75 Å². The Morgan fingerprint density at radius 3 is 2.95 bits per heavy atom. The molecular formula is C13H16N2O5. The first-order valence-electron chi connectivity index (χ1n) is 6.32. The zero-order chi connectivity index (χ0) is 14.7. The van der Waals surface area contributed by atoms with Crippen LogP contribution in [0.5, 0.6) is 5.75 Å². The monoisotopic (exact) mass is 280 g/mol. The molecule has 1 N–H and O–H groups in total. The van der Waals surface area contributed by atoms with Crippen LogP contribution < -0.4 is 4.74 Å². The molecule has 1 unspecified atom stereocenters. The molecule has 7 heteroatoms. The summed E-state index contributed by atoms with van der Waals surface area (Å²) in [4.78, 5) is 24.2. The Balaban J connectivity index is 2.29. The molecule has 1 aliphatic rings. The number of carbonyl (C=O) groups is 1. The van der Waals surface area contributed by atoms with Crippen molar-refractivity contribution in [3.05, 3.63) is 33.9 Å². The zero-order valence-corrected chi connectivity index (χ0v) is 11.1. The summed E-state index contributed by atoms with van der Waals surface area (Å²) in [5, 5.41) is 20.1. The van der Waals surface area contributed by atoms with Crippen LogP contribution in [-0.4, -0.2) is 47.1 Å². The molecule has 1 heterocycles. The number of nitrogens with zero attached hydrogens (tertiary/aromatic N) is 2. The van der Waals surface area contributed by atoms with Gasteiger partial charge in [-0.3, -0.25) is 14.9 Å². The summed E-state index contributed by atoms with van der Waals surface area (Å²) in [7, 11) is 1.32. The maximum atomic E-state index is 12.4. The summed E-state index contributed by atoms with van der Waals surface area (Å²) >= 11 is 0. The fourth-order valence-electron chi connectivity index (χ4n) is 2.42. The van der Waals surface area contributed by atoms with Crippen molar-refractivity contribution in [3.8, 4) is 5.75 Å². The van der Waals surface area contributed by atoms with Crippen LogP contribution in [0, 0.1) is 10.1 Å². The number of ether oxygens (including phenoxy) is 1. The van der Waals surface area contributed by atoms with E-state index in [-0.39, 0.29) is 30.0 Å². The van der Waals surface area contributed by atoms with E-state index in [1.54, 1.807) is 4.90 Å². The van der Waals surface area contributed by atoms with E-state index in [4.69, 9.17) is 4.74 Å². The van der Waals surface area contributed by atoms with Gasteiger partial charge in [-0.25, -0.2) is 0 Å². The van der Waals surface area contributed by atoms with Crippen molar-refractivity contribution in [2.24, 2.45) is 0 Å². The number of aliphatic hydroxyl groups excluding tert-OH is 1. The van der Waals surface area contributed by atoms with Crippen molar-refractivity contribution in [3.63, 3.8) is 0 Å². The lowest BCUT2D eigenvalue weighted by Crippen LogP contribution is -2.37. The van der Waals surface area contributed by atoms with Gasteiger partial charge in [0.1, 0.15) is 0 Å². The van der Waals surface area contributed by atoms with Gasteiger partial charge in [0.2, 0.25) is 0 Å². The minimum absolute atomic E-state index is 0.0561. The van der Waals surface area contributed by atoms with Gasteiger partial charge in [-0.05, 0) is 18.9 Å². The number of rotatable bonds is 4. The molecule has 20 heavy (non-hydrogen) atoms. The second-order valence-electron chi connectivity index (χ2n) is 4.62. The van der Waals surface area contributed by atoms with Crippen LogP contribution in [-0.2, 0) is 0 Å². The molecule has 108 valence electrons. The second-order valence-corrected chi connectivity index (χ2v) is 4.62. The number of aliphatic hydroxyl groups is 1. The van der Waals surface area contributed by atoms with E-state index in [0.717, 1.165) is 12.8 Å². The molecule has 1 atom stereocenters. The van der Waals surface area contributed by atoms with E-state index in [0.29, 0.717) is 12.1 Å². The molecule has 1 fully saturated rings. The molecule has 1 aromatic rings. The molecule has 1 amide bonds. The lowest BCUT2D eigenvalue weighted by atomic mass is 10.1. The minimum atomic E-state index is -0.556. The predicted octanol–water partition coefficient (Wildman–Crippen LogP) is 1.20. The molecule has 0 saturated carbocycles. The molecule has 1 saturated heterocycles. The SMILES string of the molecule is COc1cc(C(=O)N2CCCC2CO)ccc1[N+](=O)[O-]. The Bertz CT molecular complexity index is 531. The van der Waals surface area contributed by atoms with Crippen LogP contribution in [0.2, 0.25) is 0 Å². The Hall–Kier alpha value is -2.15. The number of nitro groups is 1. The number of likely N-dealkylation sites (tertiary alicyclic amines) is 1. The third-order valence-electron chi connectivity index (χ3n) is 3.47. The van der Waals surface area contributed by atoms with Crippen LogP contribution in [0.25, 0.3) is 0 Å². The average molecular weight is 280 g/mol. The van der Waals surface area contributed by atoms with Gasteiger partial charge in [0, 0.05) is 24.2 Å². The number of benzene rings is 1. The fourth-order valence-corrected chi connectivity index (χ4v) is 2.42. The van der Waals surface area contributed by atoms with Crippen molar-refractivity contribution < 1.29 is 19.6 Å². The van der Waals surface area contributed by atoms with E-state index in [1.807, 2.05) is 0 Å². The molecule has 7 nitrogen and oxygen atoms in total.